The second-order valence-corrected chi connectivity index (χ2v) is 9.27. The number of rotatable bonds is 6. The molecule has 5 aromatic rings. The Balaban J connectivity index is 1.54. The van der Waals surface area contributed by atoms with Crippen LogP contribution in [-0.4, -0.2) is 26.2 Å². The highest BCUT2D eigenvalue weighted by molar-refractivity contribution is 7.19. The molecule has 3 heterocycles. The van der Waals surface area contributed by atoms with Crippen molar-refractivity contribution in [1.82, 2.24) is 14.5 Å². The molecule has 1 N–H and O–H groups in total. The molecule has 3 aromatic heterocycles. The van der Waals surface area contributed by atoms with Crippen LogP contribution in [0.4, 0.5) is 0 Å². The van der Waals surface area contributed by atoms with Crippen molar-refractivity contribution in [3.63, 3.8) is 0 Å². The van der Waals surface area contributed by atoms with Crippen LogP contribution in [0.1, 0.15) is 11.9 Å². The van der Waals surface area contributed by atoms with Crippen LogP contribution in [0.15, 0.2) is 70.8 Å². The molecule has 7 nitrogen and oxygen atoms in total. The molecule has 0 fully saturated rings. The normalized spacial score (nSPS) is 12.0. The zero-order valence-electron chi connectivity index (χ0n) is 18.1. The van der Waals surface area contributed by atoms with Crippen molar-refractivity contribution in [2.45, 2.75) is 13.5 Å². The Morgan fingerprint density at radius 3 is 2.74 bits per heavy atom. The molecule has 0 unspecified atom stereocenters. The van der Waals surface area contributed by atoms with E-state index in [1.54, 1.807) is 0 Å². The van der Waals surface area contributed by atoms with Gasteiger partial charge in [-0.15, -0.1) is 22.7 Å². The predicted molar refractivity (Wildman–Crippen MR) is 135 cm³/mol. The Labute approximate surface area is 202 Å². The van der Waals surface area contributed by atoms with Gasteiger partial charge in [0, 0.05) is 10.9 Å². The summed E-state index contributed by atoms with van der Waals surface area (Å²) in [4.78, 5) is 22.8. The Kier molecular flexibility index (Phi) is 5.84. The van der Waals surface area contributed by atoms with Crippen LogP contribution in [0.25, 0.3) is 37.1 Å². The summed E-state index contributed by atoms with van der Waals surface area (Å²) in [6, 6.07) is 17.1. The number of aliphatic hydroxyl groups excluding tert-OH is 1. The van der Waals surface area contributed by atoms with Crippen LogP contribution < -0.4 is 10.3 Å². The van der Waals surface area contributed by atoms with Gasteiger partial charge in [0.05, 0.1) is 35.1 Å². The summed E-state index contributed by atoms with van der Waals surface area (Å²) in [5.74, 6) is 0.526. The second kappa shape index (κ2) is 9.09. The number of thiazole rings is 1. The number of ether oxygens (including phenoxy) is 1. The molecule has 0 aliphatic heterocycles. The zero-order valence-corrected chi connectivity index (χ0v) is 19.7. The molecule has 0 aliphatic carbocycles. The number of nitrogens with zero attached hydrogens (tertiary/aromatic N) is 4. The first kappa shape index (κ1) is 21.8. The number of hydrogen-bond acceptors (Lipinski definition) is 8. The number of hydrogen-bond donors (Lipinski definition) is 1. The zero-order chi connectivity index (χ0) is 23.7. The van der Waals surface area contributed by atoms with Crippen molar-refractivity contribution in [1.29, 1.82) is 5.26 Å². The van der Waals surface area contributed by atoms with E-state index in [0.717, 1.165) is 27.1 Å². The van der Waals surface area contributed by atoms with E-state index >= 15 is 0 Å². The van der Waals surface area contributed by atoms with Crippen LogP contribution in [0.3, 0.4) is 0 Å². The van der Waals surface area contributed by atoms with Gasteiger partial charge in [-0.2, -0.15) is 5.26 Å². The third kappa shape index (κ3) is 3.94. The van der Waals surface area contributed by atoms with Gasteiger partial charge in [0.2, 0.25) is 0 Å². The van der Waals surface area contributed by atoms with E-state index < -0.39 is 0 Å². The fraction of sp³-hybridized carbons (Fsp3) is 0.120. The van der Waals surface area contributed by atoms with Gasteiger partial charge in [-0.1, -0.05) is 24.3 Å². The van der Waals surface area contributed by atoms with Crippen LogP contribution in [0, 0.1) is 11.3 Å². The number of fused-ring (bicyclic) bond motifs is 2. The van der Waals surface area contributed by atoms with E-state index in [-0.39, 0.29) is 23.4 Å². The first-order valence-corrected chi connectivity index (χ1v) is 12.2. The van der Waals surface area contributed by atoms with Crippen molar-refractivity contribution in [2.24, 2.45) is 0 Å². The number of aliphatic hydroxyl groups is 1. The average molecular weight is 487 g/mol. The Morgan fingerprint density at radius 2 is 2.00 bits per heavy atom. The number of thiophene rings is 1. The molecule has 0 radical (unpaired) electrons. The van der Waals surface area contributed by atoms with Crippen LogP contribution in [-0.2, 0) is 6.54 Å². The molecule has 0 atom stereocenters. The number of benzene rings is 2. The fourth-order valence-corrected chi connectivity index (χ4v) is 5.53. The van der Waals surface area contributed by atoms with Crippen molar-refractivity contribution in [2.75, 3.05) is 6.61 Å². The summed E-state index contributed by atoms with van der Waals surface area (Å²) < 4.78 is 7.73. The molecule has 5 rings (SSSR count). The Hall–Kier alpha value is -4.00. The van der Waals surface area contributed by atoms with Crippen LogP contribution >= 0.6 is 22.7 Å². The van der Waals surface area contributed by atoms with Crippen molar-refractivity contribution < 1.29 is 9.84 Å². The molecule has 9 heteroatoms. The molecule has 2 aromatic carbocycles. The maximum atomic E-state index is 13.4. The smallest absolute Gasteiger partial charge is 0.263 e. The van der Waals surface area contributed by atoms with Gasteiger partial charge in [0.25, 0.3) is 5.56 Å². The lowest BCUT2D eigenvalue weighted by Crippen LogP contribution is -2.21. The van der Waals surface area contributed by atoms with E-state index in [2.05, 4.69) is 9.97 Å². The average Bonchev–Trinajstić information content (AvgIpc) is 3.47. The highest BCUT2D eigenvalue weighted by Crippen LogP contribution is 2.32. The molecule has 0 amide bonds. The van der Waals surface area contributed by atoms with Gasteiger partial charge < -0.3 is 9.84 Å². The van der Waals surface area contributed by atoms with Gasteiger partial charge in [-0.05, 0) is 36.8 Å². The predicted octanol–water partition coefficient (Wildman–Crippen LogP) is 5.63. The summed E-state index contributed by atoms with van der Waals surface area (Å²) >= 11 is 2.70. The first-order chi connectivity index (χ1) is 16.6. The third-order valence-corrected chi connectivity index (χ3v) is 7.21. The number of para-hydroxylation sites is 1. The number of nitriles is 1. The third-order valence-electron chi connectivity index (χ3n) is 5.27. The van der Waals surface area contributed by atoms with E-state index in [0.29, 0.717) is 21.8 Å². The summed E-state index contributed by atoms with van der Waals surface area (Å²) in [6.07, 6.45) is 1.40. The maximum Gasteiger partial charge on any atom is 0.263 e. The largest absolute Gasteiger partial charge is 0.509 e. The molecule has 0 aliphatic rings. The highest BCUT2D eigenvalue weighted by atomic mass is 32.1. The topological polar surface area (TPSA) is 101 Å². The van der Waals surface area contributed by atoms with Crippen molar-refractivity contribution in [3.8, 4) is 22.9 Å². The maximum absolute atomic E-state index is 13.4. The van der Waals surface area contributed by atoms with Crippen molar-refractivity contribution in [3.05, 3.63) is 81.4 Å². The Morgan fingerprint density at radius 1 is 1.21 bits per heavy atom. The summed E-state index contributed by atoms with van der Waals surface area (Å²) in [5.41, 5.74) is 2.15. The second-order valence-electron chi connectivity index (χ2n) is 7.38. The van der Waals surface area contributed by atoms with Crippen LogP contribution in [0.5, 0.6) is 5.75 Å². The van der Waals surface area contributed by atoms with Crippen LogP contribution in [0.2, 0.25) is 0 Å². The molecule has 168 valence electrons. The number of aromatic nitrogens is 3. The Bertz CT molecular complexity index is 1610. The van der Waals surface area contributed by atoms with Crippen molar-refractivity contribution >= 4 is 48.7 Å². The molecular formula is C25H18N4O3S2. The molecule has 0 bridgehead atoms. The SMILES string of the molecule is CCOc1ccc(-c2csc3ncn(C/C(O)=C(\C#N)c4nc5ccccc5s4)c(=O)c23)cc1. The van der Waals surface area contributed by atoms with Gasteiger partial charge in [0.1, 0.15) is 33.0 Å². The van der Waals surface area contributed by atoms with E-state index in [4.69, 9.17) is 4.74 Å². The highest BCUT2D eigenvalue weighted by Gasteiger charge is 2.17. The van der Waals surface area contributed by atoms with Gasteiger partial charge in [-0.3, -0.25) is 9.36 Å². The minimum absolute atomic E-state index is 0.0465. The monoisotopic (exact) mass is 486 g/mol. The lowest BCUT2D eigenvalue weighted by molar-refractivity contribution is 0.340. The summed E-state index contributed by atoms with van der Waals surface area (Å²) in [5, 5.41) is 23.3. The number of allylic oxidation sites excluding steroid dienone is 2. The van der Waals surface area contributed by atoms with Gasteiger partial charge in [-0.25, -0.2) is 9.97 Å². The minimum Gasteiger partial charge on any atom is -0.509 e. The molecule has 0 saturated carbocycles. The molecular weight excluding hydrogens is 468 g/mol. The van der Waals surface area contributed by atoms with E-state index in [1.807, 2.05) is 66.9 Å². The van der Waals surface area contributed by atoms with Gasteiger partial charge >= 0.3 is 0 Å². The fourth-order valence-electron chi connectivity index (χ4n) is 3.65. The van der Waals surface area contributed by atoms with E-state index in [9.17, 15) is 15.2 Å². The lowest BCUT2D eigenvalue weighted by Gasteiger charge is -2.07. The molecule has 0 spiro atoms. The minimum atomic E-state index is -0.289. The quantitative estimate of drug-likeness (QED) is 0.247. The standard InChI is InChI=1S/C25H18N4O3S2/c1-2-32-16-9-7-15(8-10-16)18-13-33-24-22(18)25(31)29(14-27-24)12-20(30)17(11-26)23-28-19-5-3-4-6-21(19)34-23/h3-10,13-14,30H,2,12H2,1H3/b20-17-. The summed E-state index contributed by atoms with van der Waals surface area (Å²) in [7, 11) is 0. The first-order valence-electron chi connectivity index (χ1n) is 10.5. The lowest BCUT2D eigenvalue weighted by atomic mass is 10.1. The summed E-state index contributed by atoms with van der Waals surface area (Å²) in [6.45, 7) is 2.32. The molecule has 0 saturated heterocycles. The van der Waals surface area contributed by atoms with E-state index in [1.165, 1.54) is 33.6 Å². The molecule has 34 heavy (non-hydrogen) atoms. The van der Waals surface area contributed by atoms with Gasteiger partial charge in [0.15, 0.2) is 0 Å².